The molecule has 0 saturated carbocycles. The smallest absolute Gasteiger partial charge is 0.0701 e. The van der Waals surface area contributed by atoms with Crippen molar-refractivity contribution in [2.75, 3.05) is 60.4 Å². The Balaban J connectivity index is 2.98. The topological polar surface area (TPSA) is 49.0 Å². The van der Waals surface area contributed by atoms with E-state index in [9.17, 15) is 0 Å². The van der Waals surface area contributed by atoms with Crippen molar-refractivity contribution in [2.24, 2.45) is 0 Å². The van der Waals surface area contributed by atoms with Crippen LogP contribution in [-0.2, 0) is 18.9 Å². The number of hydrogen-bond donors (Lipinski definition) is 1. The second-order valence-electron chi connectivity index (χ2n) is 3.88. The highest BCUT2D eigenvalue weighted by atomic mass is 16.5. The minimum atomic E-state index is 0.369. The first-order valence-corrected chi connectivity index (χ1v) is 6.18. The van der Waals surface area contributed by atoms with Crippen LogP contribution in [-0.4, -0.2) is 66.4 Å². The molecule has 0 fully saturated rings. The van der Waals surface area contributed by atoms with E-state index in [0.717, 1.165) is 32.8 Å². The van der Waals surface area contributed by atoms with E-state index in [1.54, 1.807) is 14.2 Å². The molecule has 5 nitrogen and oxygen atoms in total. The fourth-order valence-corrected chi connectivity index (χ4v) is 1.31. The number of ether oxygens (including phenoxy) is 4. The molecule has 0 aliphatic heterocycles. The number of rotatable bonds is 13. The van der Waals surface area contributed by atoms with Crippen LogP contribution in [0.2, 0.25) is 0 Å². The maximum absolute atomic E-state index is 5.41. The molecule has 0 amide bonds. The average Bonchev–Trinajstić information content (AvgIpc) is 2.32. The van der Waals surface area contributed by atoms with Gasteiger partial charge in [0, 0.05) is 40.0 Å². The third-order valence-electron chi connectivity index (χ3n) is 2.17. The van der Waals surface area contributed by atoms with Crippen molar-refractivity contribution in [3.05, 3.63) is 0 Å². The molecule has 5 heteroatoms. The van der Waals surface area contributed by atoms with Gasteiger partial charge in [-0.15, -0.1) is 0 Å². The third kappa shape index (κ3) is 13.7. The molecule has 0 aromatic heterocycles. The summed E-state index contributed by atoms with van der Waals surface area (Å²) in [5.41, 5.74) is 0. The normalized spacial score (nSPS) is 12.9. The van der Waals surface area contributed by atoms with Crippen molar-refractivity contribution in [3.63, 3.8) is 0 Å². The molecule has 0 radical (unpaired) electrons. The van der Waals surface area contributed by atoms with Crippen LogP contribution in [0.3, 0.4) is 0 Å². The van der Waals surface area contributed by atoms with Crippen LogP contribution in [0.15, 0.2) is 0 Å². The Bertz CT molecular complexity index is 146. The lowest BCUT2D eigenvalue weighted by atomic mass is 10.3. The van der Waals surface area contributed by atoms with E-state index in [0.29, 0.717) is 25.9 Å². The number of hydrogen-bond acceptors (Lipinski definition) is 5. The summed E-state index contributed by atoms with van der Waals surface area (Å²) < 4.78 is 20.7. The van der Waals surface area contributed by atoms with Crippen molar-refractivity contribution in [2.45, 2.75) is 19.4 Å². The van der Waals surface area contributed by atoms with Gasteiger partial charge in [0.2, 0.25) is 0 Å². The van der Waals surface area contributed by atoms with Gasteiger partial charge in [-0.1, -0.05) is 0 Å². The molecule has 0 aromatic carbocycles. The van der Waals surface area contributed by atoms with E-state index in [1.807, 2.05) is 0 Å². The maximum atomic E-state index is 5.41. The summed E-state index contributed by atoms with van der Waals surface area (Å²) in [6.07, 6.45) is 0.937. The summed E-state index contributed by atoms with van der Waals surface area (Å²) in [5, 5.41) is 3.29. The lowest BCUT2D eigenvalue weighted by Crippen LogP contribution is -2.33. The molecule has 0 aliphatic rings. The zero-order valence-electron chi connectivity index (χ0n) is 11.4. The summed E-state index contributed by atoms with van der Waals surface area (Å²) in [4.78, 5) is 0. The van der Waals surface area contributed by atoms with Gasteiger partial charge in [-0.25, -0.2) is 0 Å². The fourth-order valence-electron chi connectivity index (χ4n) is 1.31. The molecule has 0 saturated heterocycles. The Labute approximate surface area is 105 Å². The Hall–Kier alpha value is -0.200. The van der Waals surface area contributed by atoms with E-state index in [4.69, 9.17) is 18.9 Å². The summed E-state index contributed by atoms with van der Waals surface area (Å²) in [5.74, 6) is 0. The van der Waals surface area contributed by atoms with Gasteiger partial charge in [0.15, 0.2) is 0 Å². The quantitative estimate of drug-likeness (QED) is 0.486. The van der Waals surface area contributed by atoms with Gasteiger partial charge in [0.1, 0.15) is 0 Å². The zero-order chi connectivity index (χ0) is 12.8. The molecule has 0 heterocycles. The first kappa shape index (κ1) is 16.8. The Morgan fingerprint density at radius 1 is 0.882 bits per heavy atom. The SMILES string of the molecule is COCCCOCCOCCNC(C)COC. The van der Waals surface area contributed by atoms with Crippen molar-refractivity contribution in [1.29, 1.82) is 0 Å². The lowest BCUT2D eigenvalue weighted by molar-refractivity contribution is 0.0397. The first-order valence-electron chi connectivity index (χ1n) is 6.18. The zero-order valence-corrected chi connectivity index (χ0v) is 11.4. The summed E-state index contributed by atoms with van der Waals surface area (Å²) in [6, 6.07) is 0.369. The minimum absolute atomic E-state index is 0.369. The van der Waals surface area contributed by atoms with Crippen molar-refractivity contribution < 1.29 is 18.9 Å². The lowest BCUT2D eigenvalue weighted by Gasteiger charge is -2.12. The van der Waals surface area contributed by atoms with Gasteiger partial charge in [-0.05, 0) is 13.3 Å². The molecule has 104 valence electrons. The summed E-state index contributed by atoms with van der Waals surface area (Å²) in [6.45, 7) is 7.14. The standard InChI is InChI=1S/C12H27NO4/c1-12(11-15-3)13-5-8-17-10-9-16-7-4-6-14-2/h12-13H,4-11H2,1-3H3. The van der Waals surface area contributed by atoms with Crippen molar-refractivity contribution in [1.82, 2.24) is 5.32 Å². The molecular formula is C12H27NO4. The fraction of sp³-hybridized carbons (Fsp3) is 1.00. The molecular weight excluding hydrogens is 222 g/mol. The van der Waals surface area contributed by atoms with Crippen LogP contribution in [0.1, 0.15) is 13.3 Å². The van der Waals surface area contributed by atoms with Crippen LogP contribution < -0.4 is 5.32 Å². The number of methoxy groups -OCH3 is 2. The Morgan fingerprint density at radius 3 is 2.24 bits per heavy atom. The highest BCUT2D eigenvalue weighted by Crippen LogP contribution is 1.85. The van der Waals surface area contributed by atoms with Gasteiger partial charge < -0.3 is 24.3 Å². The molecule has 1 unspecified atom stereocenters. The summed E-state index contributed by atoms with van der Waals surface area (Å²) >= 11 is 0. The molecule has 0 bridgehead atoms. The average molecular weight is 249 g/mol. The van der Waals surface area contributed by atoms with Gasteiger partial charge in [-0.2, -0.15) is 0 Å². The molecule has 0 spiro atoms. The second-order valence-corrected chi connectivity index (χ2v) is 3.88. The van der Waals surface area contributed by atoms with Crippen LogP contribution in [0.25, 0.3) is 0 Å². The Morgan fingerprint density at radius 2 is 1.59 bits per heavy atom. The van der Waals surface area contributed by atoms with Crippen LogP contribution >= 0.6 is 0 Å². The second kappa shape index (κ2) is 13.9. The highest BCUT2D eigenvalue weighted by Gasteiger charge is 1.98. The highest BCUT2D eigenvalue weighted by molar-refractivity contribution is 4.57. The van der Waals surface area contributed by atoms with Gasteiger partial charge in [-0.3, -0.25) is 0 Å². The molecule has 1 atom stereocenters. The molecule has 17 heavy (non-hydrogen) atoms. The predicted octanol–water partition coefficient (Wildman–Crippen LogP) is 0.681. The van der Waals surface area contributed by atoms with Crippen LogP contribution in [0.4, 0.5) is 0 Å². The molecule has 0 aliphatic carbocycles. The van der Waals surface area contributed by atoms with Crippen LogP contribution in [0.5, 0.6) is 0 Å². The van der Waals surface area contributed by atoms with Crippen molar-refractivity contribution in [3.8, 4) is 0 Å². The van der Waals surface area contributed by atoms with E-state index >= 15 is 0 Å². The van der Waals surface area contributed by atoms with Gasteiger partial charge in [0.05, 0.1) is 26.4 Å². The molecule has 1 N–H and O–H groups in total. The van der Waals surface area contributed by atoms with Gasteiger partial charge in [0.25, 0.3) is 0 Å². The minimum Gasteiger partial charge on any atom is -0.385 e. The van der Waals surface area contributed by atoms with Crippen LogP contribution in [0, 0.1) is 0 Å². The number of nitrogens with one attached hydrogen (secondary N) is 1. The molecule has 0 rings (SSSR count). The van der Waals surface area contributed by atoms with Gasteiger partial charge >= 0.3 is 0 Å². The Kier molecular flexibility index (Phi) is 13.7. The first-order chi connectivity index (χ1) is 8.31. The van der Waals surface area contributed by atoms with E-state index in [-0.39, 0.29) is 0 Å². The van der Waals surface area contributed by atoms with E-state index in [1.165, 1.54) is 0 Å². The predicted molar refractivity (Wildman–Crippen MR) is 67.5 cm³/mol. The third-order valence-corrected chi connectivity index (χ3v) is 2.17. The molecule has 0 aromatic rings. The van der Waals surface area contributed by atoms with E-state index < -0.39 is 0 Å². The largest absolute Gasteiger partial charge is 0.385 e. The van der Waals surface area contributed by atoms with Crippen molar-refractivity contribution >= 4 is 0 Å². The van der Waals surface area contributed by atoms with E-state index in [2.05, 4.69) is 12.2 Å². The maximum Gasteiger partial charge on any atom is 0.0701 e. The monoisotopic (exact) mass is 249 g/mol. The summed E-state index contributed by atoms with van der Waals surface area (Å²) in [7, 11) is 3.40.